The average molecular weight is 242 g/mol. The molecule has 1 aliphatic carbocycles. The van der Waals surface area contributed by atoms with Crippen molar-refractivity contribution in [2.45, 2.75) is 65.5 Å². The Kier molecular flexibility index (Phi) is 5.42. The molecule has 3 unspecified atom stereocenters. The molecule has 0 amide bonds. The number of nitrogens with one attached hydrogen (secondary N) is 1. The third-order valence-electron chi connectivity index (χ3n) is 3.69. The van der Waals surface area contributed by atoms with Gasteiger partial charge < -0.3 is 4.74 Å². The van der Waals surface area contributed by atoms with Crippen LogP contribution in [0.25, 0.3) is 0 Å². The maximum absolute atomic E-state index is 5.86. The lowest BCUT2D eigenvalue weighted by Gasteiger charge is -2.37. The van der Waals surface area contributed by atoms with Crippen molar-refractivity contribution in [2.75, 3.05) is 6.61 Å². The smallest absolute Gasteiger partial charge is 0.0642 e. The minimum atomic E-state index is -0.0823. The third-order valence-corrected chi connectivity index (χ3v) is 3.69. The highest BCUT2D eigenvalue weighted by Gasteiger charge is 2.30. The fourth-order valence-electron chi connectivity index (χ4n) is 3.00. The molecule has 102 valence electrons. The van der Waals surface area contributed by atoms with Crippen LogP contribution in [0.2, 0.25) is 0 Å². The zero-order valence-electron chi connectivity index (χ0n) is 12.1. The molecule has 3 atom stereocenters. The molecular formula is C14H30N2O. The first-order chi connectivity index (χ1) is 7.81. The van der Waals surface area contributed by atoms with E-state index in [1.165, 1.54) is 19.3 Å². The van der Waals surface area contributed by atoms with Gasteiger partial charge in [-0.15, -0.1) is 0 Å². The Balaban J connectivity index is 2.48. The predicted molar refractivity (Wildman–Crippen MR) is 72.5 cm³/mol. The van der Waals surface area contributed by atoms with Gasteiger partial charge in [0.1, 0.15) is 0 Å². The second-order valence-corrected chi connectivity index (χ2v) is 6.87. The molecule has 1 aliphatic rings. The van der Waals surface area contributed by atoms with Crippen molar-refractivity contribution in [3.63, 3.8) is 0 Å². The van der Waals surface area contributed by atoms with Crippen LogP contribution < -0.4 is 11.3 Å². The number of hydrogen-bond donors (Lipinski definition) is 2. The maximum atomic E-state index is 5.86. The standard InChI is InChI=1S/C14H30N2O/c1-10-6-11(2)8-12(7-10)13(16-15)9-17-14(3,4)5/h10-13,16H,6-9,15H2,1-5H3. The van der Waals surface area contributed by atoms with Crippen molar-refractivity contribution in [3.05, 3.63) is 0 Å². The number of rotatable bonds is 4. The quantitative estimate of drug-likeness (QED) is 0.588. The fraction of sp³-hybridized carbons (Fsp3) is 1.00. The molecule has 3 heteroatoms. The van der Waals surface area contributed by atoms with Crippen molar-refractivity contribution >= 4 is 0 Å². The summed E-state index contributed by atoms with van der Waals surface area (Å²) in [6, 6.07) is 0.291. The molecule has 0 aromatic carbocycles. The normalized spacial score (nSPS) is 32.5. The highest BCUT2D eigenvalue weighted by atomic mass is 16.5. The van der Waals surface area contributed by atoms with Crippen LogP contribution in [0, 0.1) is 17.8 Å². The van der Waals surface area contributed by atoms with Gasteiger partial charge in [-0.2, -0.15) is 0 Å². The lowest BCUT2D eigenvalue weighted by atomic mass is 9.74. The van der Waals surface area contributed by atoms with Gasteiger partial charge in [-0.1, -0.05) is 13.8 Å². The molecule has 0 radical (unpaired) electrons. The Hall–Kier alpha value is -0.120. The summed E-state index contributed by atoms with van der Waals surface area (Å²) >= 11 is 0. The second kappa shape index (κ2) is 6.17. The zero-order chi connectivity index (χ0) is 13.1. The fourth-order valence-corrected chi connectivity index (χ4v) is 3.00. The highest BCUT2D eigenvalue weighted by Crippen LogP contribution is 2.34. The largest absolute Gasteiger partial charge is 0.374 e. The molecule has 1 fully saturated rings. The van der Waals surface area contributed by atoms with Gasteiger partial charge in [-0.3, -0.25) is 11.3 Å². The Morgan fingerprint density at radius 1 is 1.18 bits per heavy atom. The molecule has 0 aromatic heterocycles. The molecule has 0 bridgehead atoms. The van der Waals surface area contributed by atoms with Crippen molar-refractivity contribution in [1.82, 2.24) is 5.43 Å². The maximum Gasteiger partial charge on any atom is 0.0642 e. The van der Waals surface area contributed by atoms with Crippen molar-refractivity contribution in [2.24, 2.45) is 23.6 Å². The number of ether oxygens (including phenoxy) is 1. The summed E-state index contributed by atoms with van der Waals surface area (Å²) in [4.78, 5) is 0. The van der Waals surface area contributed by atoms with E-state index in [0.717, 1.165) is 11.8 Å². The third kappa shape index (κ3) is 5.36. The summed E-state index contributed by atoms with van der Waals surface area (Å²) in [7, 11) is 0. The van der Waals surface area contributed by atoms with Gasteiger partial charge in [0.2, 0.25) is 0 Å². The summed E-state index contributed by atoms with van der Waals surface area (Å²) in [5, 5.41) is 0. The van der Waals surface area contributed by atoms with E-state index in [-0.39, 0.29) is 5.60 Å². The Morgan fingerprint density at radius 3 is 2.12 bits per heavy atom. The molecule has 17 heavy (non-hydrogen) atoms. The van der Waals surface area contributed by atoms with Crippen LogP contribution in [-0.2, 0) is 4.74 Å². The van der Waals surface area contributed by atoms with Crippen LogP contribution in [0.3, 0.4) is 0 Å². The first-order valence-electron chi connectivity index (χ1n) is 6.92. The summed E-state index contributed by atoms with van der Waals surface area (Å²) in [5.74, 6) is 7.98. The van der Waals surface area contributed by atoms with Gasteiger partial charge in [-0.05, 0) is 57.8 Å². The van der Waals surface area contributed by atoms with Gasteiger partial charge in [0.15, 0.2) is 0 Å². The highest BCUT2D eigenvalue weighted by molar-refractivity contribution is 4.83. The van der Waals surface area contributed by atoms with E-state index in [1.807, 2.05) is 0 Å². The minimum Gasteiger partial charge on any atom is -0.374 e. The molecule has 1 rings (SSSR count). The Bertz CT molecular complexity index is 215. The monoisotopic (exact) mass is 242 g/mol. The molecule has 0 spiro atoms. The van der Waals surface area contributed by atoms with E-state index < -0.39 is 0 Å². The van der Waals surface area contributed by atoms with Crippen LogP contribution in [0.5, 0.6) is 0 Å². The summed E-state index contributed by atoms with van der Waals surface area (Å²) in [6.45, 7) is 11.7. The number of nitrogens with two attached hydrogens (primary N) is 1. The second-order valence-electron chi connectivity index (χ2n) is 6.87. The first-order valence-corrected chi connectivity index (χ1v) is 6.92. The van der Waals surface area contributed by atoms with E-state index >= 15 is 0 Å². The van der Waals surface area contributed by atoms with Crippen LogP contribution in [0.15, 0.2) is 0 Å². The summed E-state index contributed by atoms with van der Waals surface area (Å²) in [5.41, 5.74) is 2.88. The van der Waals surface area contributed by atoms with Gasteiger partial charge in [0, 0.05) is 6.04 Å². The van der Waals surface area contributed by atoms with Crippen LogP contribution in [-0.4, -0.2) is 18.2 Å². The van der Waals surface area contributed by atoms with Gasteiger partial charge in [0.05, 0.1) is 12.2 Å². The molecule has 3 N–H and O–H groups in total. The number of hydrogen-bond acceptors (Lipinski definition) is 3. The van der Waals surface area contributed by atoms with Crippen LogP contribution >= 0.6 is 0 Å². The van der Waals surface area contributed by atoms with E-state index in [2.05, 4.69) is 40.0 Å². The van der Waals surface area contributed by atoms with Crippen LogP contribution in [0.4, 0.5) is 0 Å². The van der Waals surface area contributed by atoms with Gasteiger partial charge in [0.25, 0.3) is 0 Å². The van der Waals surface area contributed by atoms with E-state index in [4.69, 9.17) is 10.6 Å². The van der Waals surface area contributed by atoms with Gasteiger partial charge >= 0.3 is 0 Å². The first kappa shape index (κ1) is 14.9. The molecule has 0 heterocycles. The molecule has 0 saturated heterocycles. The Labute approximate surface area is 106 Å². The minimum absolute atomic E-state index is 0.0823. The zero-order valence-corrected chi connectivity index (χ0v) is 12.1. The molecule has 1 saturated carbocycles. The lowest BCUT2D eigenvalue weighted by Crippen LogP contribution is -2.47. The average Bonchev–Trinajstić information content (AvgIpc) is 2.15. The Morgan fingerprint density at radius 2 is 1.71 bits per heavy atom. The molecule has 0 aromatic rings. The topological polar surface area (TPSA) is 47.3 Å². The molecule has 3 nitrogen and oxygen atoms in total. The van der Waals surface area contributed by atoms with Crippen molar-refractivity contribution in [3.8, 4) is 0 Å². The molecule has 0 aliphatic heterocycles. The number of hydrazine groups is 1. The van der Waals surface area contributed by atoms with E-state index in [0.29, 0.717) is 18.6 Å². The molecular weight excluding hydrogens is 212 g/mol. The summed E-state index contributed by atoms with van der Waals surface area (Å²) in [6.07, 6.45) is 3.90. The van der Waals surface area contributed by atoms with Crippen molar-refractivity contribution in [1.29, 1.82) is 0 Å². The lowest BCUT2D eigenvalue weighted by molar-refractivity contribution is -0.0279. The van der Waals surface area contributed by atoms with Crippen molar-refractivity contribution < 1.29 is 4.74 Å². The van der Waals surface area contributed by atoms with E-state index in [1.54, 1.807) is 0 Å². The predicted octanol–water partition coefficient (Wildman–Crippen LogP) is 2.71. The van der Waals surface area contributed by atoms with Gasteiger partial charge in [-0.25, -0.2) is 0 Å². The van der Waals surface area contributed by atoms with Crippen LogP contribution in [0.1, 0.15) is 53.9 Å². The summed E-state index contributed by atoms with van der Waals surface area (Å²) < 4.78 is 5.86. The SMILES string of the molecule is CC1CC(C)CC(C(COC(C)(C)C)NN)C1. The van der Waals surface area contributed by atoms with E-state index in [9.17, 15) is 0 Å².